The first kappa shape index (κ1) is 15.9. The first-order valence-electron chi connectivity index (χ1n) is 8.18. The summed E-state index contributed by atoms with van der Waals surface area (Å²) in [7, 11) is 0. The fourth-order valence-electron chi connectivity index (χ4n) is 2.74. The summed E-state index contributed by atoms with van der Waals surface area (Å²) in [5.41, 5.74) is 1.65. The lowest BCUT2D eigenvalue weighted by Crippen LogP contribution is -2.23. The van der Waals surface area contributed by atoms with Crippen LogP contribution in [0.3, 0.4) is 0 Å². The molecule has 6 heteroatoms. The van der Waals surface area contributed by atoms with Crippen LogP contribution in [0.25, 0.3) is 0 Å². The molecule has 0 aromatic carbocycles. The van der Waals surface area contributed by atoms with Crippen molar-refractivity contribution in [1.82, 2.24) is 15.3 Å². The zero-order valence-electron chi connectivity index (χ0n) is 13.3. The molecule has 0 aliphatic heterocycles. The molecule has 1 amide bonds. The van der Waals surface area contributed by atoms with Gasteiger partial charge in [-0.1, -0.05) is 19.8 Å². The molecule has 1 aliphatic carbocycles. The normalized spacial score (nSPS) is 14.8. The third-order valence-electron chi connectivity index (χ3n) is 4.09. The van der Waals surface area contributed by atoms with E-state index in [1.165, 1.54) is 25.7 Å². The van der Waals surface area contributed by atoms with E-state index in [1.807, 2.05) is 17.5 Å². The highest BCUT2D eigenvalue weighted by Crippen LogP contribution is 2.21. The van der Waals surface area contributed by atoms with E-state index in [-0.39, 0.29) is 5.91 Å². The number of pyridine rings is 1. The van der Waals surface area contributed by atoms with Gasteiger partial charge in [0.15, 0.2) is 0 Å². The number of hydrogen-bond acceptors (Lipinski definition) is 5. The van der Waals surface area contributed by atoms with Crippen molar-refractivity contribution in [2.75, 3.05) is 5.32 Å². The molecule has 1 aliphatic rings. The third kappa shape index (κ3) is 4.28. The van der Waals surface area contributed by atoms with Gasteiger partial charge in [-0.3, -0.25) is 4.79 Å². The van der Waals surface area contributed by atoms with E-state index in [9.17, 15) is 4.79 Å². The molecule has 23 heavy (non-hydrogen) atoms. The summed E-state index contributed by atoms with van der Waals surface area (Å²) in [6.07, 6.45) is 7.54. The van der Waals surface area contributed by atoms with Crippen LogP contribution in [-0.4, -0.2) is 21.9 Å². The zero-order chi connectivity index (χ0) is 16.1. The number of amides is 1. The number of aryl methyl sites for hydroxylation is 1. The van der Waals surface area contributed by atoms with Gasteiger partial charge < -0.3 is 10.6 Å². The summed E-state index contributed by atoms with van der Waals surface area (Å²) in [6.45, 7) is 2.54. The highest BCUT2D eigenvalue weighted by molar-refractivity contribution is 7.09. The molecule has 2 heterocycles. The van der Waals surface area contributed by atoms with Crippen LogP contribution < -0.4 is 10.6 Å². The molecule has 0 radical (unpaired) electrons. The molecule has 0 atom stereocenters. The van der Waals surface area contributed by atoms with Crippen molar-refractivity contribution in [3.05, 3.63) is 40.0 Å². The van der Waals surface area contributed by atoms with Gasteiger partial charge in [-0.05, 0) is 31.4 Å². The Morgan fingerprint density at radius 3 is 2.83 bits per heavy atom. The smallest absolute Gasteiger partial charge is 0.253 e. The standard InChI is InChI=1S/C17H22N4OS/c1-2-13-11-23-16(21-13)10-19-17(22)12-7-8-15(18-9-12)20-14-5-3-4-6-14/h7-9,11,14H,2-6,10H2,1H3,(H,18,20)(H,19,22). The minimum absolute atomic E-state index is 0.113. The Balaban J connectivity index is 1.52. The van der Waals surface area contributed by atoms with Gasteiger partial charge in [0.25, 0.3) is 5.91 Å². The molecule has 3 rings (SSSR count). The van der Waals surface area contributed by atoms with Crippen LogP contribution in [-0.2, 0) is 13.0 Å². The zero-order valence-corrected chi connectivity index (χ0v) is 14.2. The number of carbonyl (C=O) groups excluding carboxylic acids is 1. The van der Waals surface area contributed by atoms with E-state index in [0.717, 1.165) is 22.9 Å². The van der Waals surface area contributed by atoms with Crippen LogP contribution in [0.15, 0.2) is 23.7 Å². The van der Waals surface area contributed by atoms with Gasteiger partial charge in [-0.2, -0.15) is 0 Å². The molecule has 2 aromatic heterocycles. The summed E-state index contributed by atoms with van der Waals surface area (Å²) in [5.74, 6) is 0.735. The Morgan fingerprint density at radius 1 is 1.35 bits per heavy atom. The van der Waals surface area contributed by atoms with Crippen molar-refractivity contribution in [3.63, 3.8) is 0 Å². The van der Waals surface area contributed by atoms with Crippen molar-refractivity contribution in [2.45, 2.75) is 51.6 Å². The average molecular weight is 330 g/mol. The molecule has 0 bridgehead atoms. The number of anilines is 1. The maximum absolute atomic E-state index is 12.2. The SMILES string of the molecule is CCc1csc(CNC(=O)c2ccc(NC3CCCC3)nc2)n1. The number of aromatic nitrogens is 2. The molecule has 0 spiro atoms. The Bertz CT molecular complexity index is 647. The number of thiazole rings is 1. The summed E-state index contributed by atoms with van der Waals surface area (Å²) in [4.78, 5) is 21.0. The topological polar surface area (TPSA) is 66.9 Å². The van der Waals surface area contributed by atoms with E-state index in [1.54, 1.807) is 17.5 Å². The van der Waals surface area contributed by atoms with Crippen LogP contribution in [0, 0.1) is 0 Å². The first-order valence-corrected chi connectivity index (χ1v) is 9.06. The number of nitrogens with zero attached hydrogens (tertiary/aromatic N) is 2. The predicted molar refractivity (Wildman–Crippen MR) is 92.8 cm³/mol. The Kier molecular flexibility index (Phi) is 5.23. The molecule has 5 nitrogen and oxygen atoms in total. The molecular formula is C17H22N4OS. The highest BCUT2D eigenvalue weighted by Gasteiger charge is 2.15. The Hall–Kier alpha value is -1.95. The summed E-state index contributed by atoms with van der Waals surface area (Å²) in [5, 5.41) is 9.28. The maximum atomic E-state index is 12.2. The van der Waals surface area contributed by atoms with Gasteiger partial charge in [0.1, 0.15) is 10.8 Å². The molecule has 0 saturated heterocycles. The average Bonchev–Trinajstić information content (AvgIpc) is 3.24. The molecule has 2 N–H and O–H groups in total. The quantitative estimate of drug-likeness (QED) is 0.852. The largest absolute Gasteiger partial charge is 0.367 e. The van der Waals surface area contributed by atoms with Crippen LogP contribution in [0.2, 0.25) is 0 Å². The Morgan fingerprint density at radius 2 is 2.17 bits per heavy atom. The second-order valence-electron chi connectivity index (χ2n) is 5.83. The summed E-state index contributed by atoms with van der Waals surface area (Å²) >= 11 is 1.58. The summed E-state index contributed by atoms with van der Waals surface area (Å²) in [6, 6.07) is 4.23. The molecule has 0 unspecified atom stereocenters. The maximum Gasteiger partial charge on any atom is 0.253 e. The lowest BCUT2D eigenvalue weighted by molar-refractivity contribution is 0.0950. The Labute approximate surface area is 140 Å². The number of nitrogens with one attached hydrogen (secondary N) is 2. The molecule has 122 valence electrons. The van der Waals surface area contributed by atoms with Gasteiger partial charge in [-0.25, -0.2) is 9.97 Å². The molecular weight excluding hydrogens is 308 g/mol. The van der Waals surface area contributed by atoms with E-state index < -0.39 is 0 Å². The molecule has 2 aromatic rings. The number of hydrogen-bond donors (Lipinski definition) is 2. The van der Waals surface area contributed by atoms with Crippen LogP contribution in [0.1, 0.15) is 53.7 Å². The van der Waals surface area contributed by atoms with Crippen molar-refractivity contribution in [2.24, 2.45) is 0 Å². The second-order valence-corrected chi connectivity index (χ2v) is 6.77. The third-order valence-corrected chi connectivity index (χ3v) is 4.99. The van der Waals surface area contributed by atoms with Crippen molar-refractivity contribution in [3.8, 4) is 0 Å². The van der Waals surface area contributed by atoms with E-state index in [0.29, 0.717) is 18.2 Å². The number of rotatable bonds is 6. The molecule has 1 fully saturated rings. The first-order chi connectivity index (χ1) is 11.2. The van der Waals surface area contributed by atoms with Gasteiger partial charge >= 0.3 is 0 Å². The van der Waals surface area contributed by atoms with Gasteiger partial charge in [-0.15, -0.1) is 11.3 Å². The van der Waals surface area contributed by atoms with E-state index in [4.69, 9.17) is 0 Å². The molecule has 1 saturated carbocycles. The van der Waals surface area contributed by atoms with Crippen molar-refractivity contribution in [1.29, 1.82) is 0 Å². The van der Waals surface area contributed by atoms with Gasteiger partial charge in [0, 0.05) is 17.6 Å². The fourth-order valence-corrected chi connectivity index (χ4v) is 3.56. The lowest BCUT2D eigenvalue weighted by Gasteiger charge is -2.12. The summed E-state index contributed by atoms with van der Waals surface area (Å²) < 4.78 is 0. The van der Waals surface area contributed by atoms with Crippen LogP contribution >= 0.6 is 11.3 Å². The van der Waals surface area contributed by atoms with E-state index >= 15 is 0 Å². The second kappa shape index (κ2) is 7.55. The number of carbonyl (C=O) groups is 1. The van der Waals surface area contributed by atoms with E-state index in [2.05, 4.69) is 27.5 Å². The highest BCUT2D eigenvalue weighted by atomic mass is 32.1. The van der Waals surface area contributed by atoms with Crippen LogP contribution in [0.5, 0.6) is 0 Å². The van der Waals surface area contributed by atoms with Gasteiger partial charge in [0.05, 0.1) is 17.8 Å². The minimum Gasteiger partial charge on any atom is -0.367 e. The van der Waals surface area contributed by atoms with Crippen LogP contribution in [0.4, 0.5) is 5.82 Å². The van der Waals surface area contributed by atoms with Crippen molar-refractivity contribution < 1.29 is 4.79 Å². The van der Waals surface area contributed by atoms with Crippen molar-refractivity contribution >= 4 is 23.1 Å². The lowest BCUT2D eigenvalue weighted by atomic mass is 10.2. The van der Waals surface area contributed by atoms with Gasteiger partial charge in [0.2, 0.25) is 0 Å². The predicted octanol–water partition coefficient (Wildman–Crippen LogP) is 3.39. The minimum atomic E-state index is -0.113. The monoisotopic (exact) mass is 330 g/mol. The fraction of sp³-hybridized carbons (Fsp3) is 0.471.